The van der Waals surface area contributed by atoms with Gasteiger partial charge in [0.15, 0.2) is 11.5 Å². The van der Waals surface area contributed by atoms with E-state index < -0.39 is 5.92 Å². The third-order valence-electron chi connectivity index (χ3n) is 4.31. The predicted octanol–water partition coefficient (Wildman–Crippen LogP) is 2.50. The number of carbonyl (C=O) groups excluding carboxylic acids is 2. The molecule has 2 aromatic rings. The minimum atomic E-state index is -0.451. The Morgan fingerprint density at radius 3 is 2.77 bits per heavy atom. The zero-order valence-electron chi connectivity index (χ0n) is 13.8. The lowest BCUT2D eigenvalue weighted by molar-refractivity contribution is -0.122. The zero-order chi connectivity index (χ0) is 18.1. The standard InChI is InChI=1S/C18H16ClN3O4/c19-12-1-4-16(20-9-12)21-18(24)11-7-17(23)22(10-11)13-2-3-14-15(8-13)26-6-5-25-14/h1-4,8-9,11H,5-7,10H2,(H,20,21,24). The summed E-state index contributed by atoms with van der Waals surface area (Å²) in [6.45, 7) is 1.29. The first-order chi connectivity index (χ1) is 12.6. The van der Waals surface area contributed by atoms with Gasteiger partial charge in [-0.2, -0.15) is 0 Å². The average molecular weight is 374 g/mol. The molecule has 1 atom stereocenters. The molecule has 2 amide bonds. The lowest BCUT2D eigenvalue weighted by atomic mass is 10.1. The lowest BCUT2D eigenvalue weighted by Crippen LogP contribution is -2.28. The SMILES string of the molecule is O=C(Nc1ccc(Cl)cn1)C1CC(=O)N(c2ccc3c(c2)OCCO3)C1. The van der Waals surface area contributed by atoms with E-state index in [2.05, 4.69) is 10.3 Å². The molecule has 1 N–H and O–H groups in total. The van der Waals surface area contributed by atoms with Gasteiger partial charge in [0, 0.05) is 30.9 Å². The van der Waals surface area contributed by atoms with Crippen molar-refractivity contribution >= 4 is 34.9 Å². The number of halogens is 1. The van der Waals surface area contributed by atoms with Crippen LogP contribution in [-0.2, 0) is 9.59 Å². The number of aromatic nitrogens is 1. The predicted molar refractivity (Wildman–Crippen MR) is 95.8 cm³/mol. The van der Waals surface area contributed by atoms with E-state index in [-0.39, 0.29) is 18.2 Å². The van der Waals surface area contributed by atoms with E-state index in [0.717, 1.165) is 0 Å². The molecule has 2 aliphatic heterocycles. The zero-order valence-corrected chi connectivity index (χ0v) is 14.5. The number of nitrogens with zero attached hydrogens (tertiary/aromatic N) is 2. The smallest absolute Gasteiger partial charge is 0.230 e. The fourth-order valence-electron chi connectivity index (χ4n) is 3.01. The summed E-state index contributed by atoms with van der Waals surface area (Å²) in [5.74, 6) is 0.881. The number of rotatable bonds is 3. The molecule has 1 unspecified atom stereocenters. The second-order valence-corrected chi connectivity index (χ2v) is 6.52. The molecule has 2 aliphatic rings. The van der Waals surface area contributed by atoms with E-state index in [4.69, 9.17) is 21.1 Å². The number of pyridine rings is 1. The van der Waals surface area contributed by atoms with E-state index >= 15 is 0 Å². The van der Waals surface area contributed by atoms with Gasteiger partial charge in [-0.25, -0.2) is 4.98 Å². The molecule has 1 fully saturated rings. The molecule has 1 aromatic heterocycles. The van der Waals surface area contributed by atoms with Crippen LogP contribution >= 0.6 is 11.6 Å². The maximum Gasteiger partial charge on any atom is 0.230 e. The summed E-state index contributed by atoms with van der Waals surface area (Å²) in [7, 11) is 0. The highest BCUT2D eigenvalue weighted by molar-refractivity contribution is 6.30. The number of hydrogen-bond donors (Lipinski definition) is 1. The summed E-state index contributed by atoms with van der Waals surface area (Å²) in [6, 6.07) is 8.61. The maximum absolute atomic E-state index is 12.4. The van der Waals surface area contributed by atoms with Crippen molar-refractivity contribution in [3.63, 3.8) is 0 Å². The van der Waals surface area contributed by atoms with Gasteiger partial charge < -0.3 is 19.7 Å². The van der Waals surface area contributed by atoms with Gasteiger partial charge in [-0.05, 0) is 24.3 Å². The van der Waals surface area contributed by atoms with E-state index in [1.54, 1.807) is 35.2 Å². The number of amides is 2. The van der Waals surface area contributed by atoms with Gasteiger partial charge in [0.2, 0.25) is 11.8 Å². The first kappa shape index (κ1) is 16.7. The van der Waals surface area contributed by atoms with Gasteiger partial charge in [0.1, 0.15) is 19.0 Å². The molecule has 7 nitrogen and oxygen atoms in total. The first-order valence-corrected chi connectivity index (χ1v) is 8.60. The van der Waals surface area contributed by atoms with E-state index in [9.17, 15) is 9.59 Å². The highest BCUT2D eigenvalue weighted by Gasteiger charge is 2.35. The second-order valence-electron chi connectivity index (χ2n) is 6.08. The Morgan fingerprint density at radius 1 is 1.19 bits per heavy atom. The molecule has 0 aliphatic carbocycles. The minimum absolute atomic E-state index is 0.106. The number of anilines is 2. The first-order valence-electron chi connectivity index (χ1n) is 8.22. The molecule has 4 rings (SSSR count). The Bertz CT molecular complexity index is 856. The van der Waals surface area contributed by atoms with E-state index in [1.807, 2.05) is 0 Å². The second kappa shape index (κ2) is 6.84. The summed E-state index contributed by atoms with van der Waals surface area (Å²) in [5.41, 5.74) is 0.694. The molecule has 26 heavy (non-hydrogen) atoms. The van der Waals surface area contributed by atoms with Crippen LogP contribution in [0.3, 0.4) is 0 Å². The summed E-state index contributed by atoms with van der Waals surface area (Å²) in [4.78, 5) is 30.5. The molecule has 0 bridgehead atoms. The van der Waals surface area contributed by atoms with Crippen LogP contribution in [0.1, 0.15) is 6.42 Å². The number of nitrogens with one attached hydrogen (secondary N) is 1. The van der Waals surface area contributed by atoms with Crippen LogP contribution in [-0.4, -0.2) is 36.6 Å². The van der Waals surface area contributed by atoms with Crippen molar-refractivity contribution in [3.05, 3.63) is 41.6 Å². The van der Waals surface area contributed by atoms with E-state index in [0.29, 0.717) is 47.8 Å². The quantitative estimate of drug-likeness (QED) is 0.894. The Hall–Kier alpha value is -2.80. The van der Waals surface area contributed by atoms with Crippen molar-refractivity contribution in [2.24, 2.45) is 5.92 Å². The largest absolute Gasteiger partial charge is 0.486 e. The van der Waals surface area contributed by atoms with Crippen molar-refractivity contribution in [1.29, 1.82) is 0 Å². The summed E-state index contributed by atoms with van der Waals surface area (Å²) >= 11 is 5.79. The summed E-state index contributed by atoms with van der Waals surface area (Å²) < 4.78 is 11.1. The van der Waals surface area contributed by atoms with Crippen molar-refractivity contribution in [3.8, 4) is 11.5 Å². The Balaban J connectivity index is 1.46. The molecular formula is C18H16ClN3O4. The van der Waals surface area contributed by atoms with Gasteiger partial charge in [0.25, 0.3) is 0 Å². The number of fused-ring (bicyclic) bond motifs is 1. The normalized spacial score (nSPS) is 18.7. The Morgan fingerprint density at radius 2 is 2.00 bits per heavy atom. The fraction of sp³-hybridized carbons (Fsp3) is 0.278. The van der Waals surface area contributed by atoms with Crippen LogP contribution in [0.15, 0.2) is 36.5 Å². The van der Waals surface area contributed by atoms with Gasteiger partial charge in [0.05, 0.1) is 10.9 Å². The van der Waals surface area contributed by atoms with Gasteiger partial charge in [-0.15, -0.1) is 0 Å². The highest BCUT2D eigenvalue weighted by Crippen LogP contribution is 2.36. The number of carbonyl (C=O) groups is 2. The molecule has 0 radical (unpaired) electrons. The number of benzene rings is 1. The van der Waals surface area contributed by atoms with Crippen molar-refractivity contribution in [2.45, 2.75) is 6.42 Å². The minimum Gasteiger partial charge on any atom is -0.486 e. The monoisotopic (exact) mass is 373 g/mol. The molecule has 0 spiro atoms. The maximum atomic E-state index is 12.4. The van der Waals surface area contributed by atoms with Gasteiger partial charge in [-0.1, -0.05) is 11.6 Å². The van der Waals surface area contributed by atoms with Gasteiger partial charge in [-0.3, -0.25) is 9.59 Å². The molecule has 1 aromatic carbocycles. The molecule has 8 heteroatoms. The van der Waals surface area contributed by atoms with Crippen LogP contribution in [0.5, 0.6) is 11.5 Å². The van der Waals surface area contributed by atoms with Crippen molar-refractivity contribution < 1.29 is 19.1 Å². The molecule has 1 saturated heterocycles. The molecular weight excluding hydrogens is 358 g/mol. The Kier molecular flexibility index (Phi) is 4.38. The number of hydrogen-bond acceptors (Lipinski definition) is 5. The van der Waals surface area contributed by atoms with Crippen molar-refractivity contribution in [2.75, 3.05) is 30.0 Å². The van der Waals surface area contributed by atoms with Crippen molar-refractivity contribution in [1.82, 2.24) is 4.98 Å². The van der Waals surface area contributed by atoms with Crippen LogP contribution in [0.2, 0.25) is 5.02 Å². The van der Waals surface area contributed by atoms with Crippen LogP contribution in [0.4, 0.5) is 11.5 Å². The number of ether oxygens (including phenoxy) is 2. The topological polar surface area (TPSA) is 80.8 Å². The molecule has 0 saturated carbocycles. The lowest BCUT2D eigenvalue weighted by Gasteiger charge is -2.22. The van der Waals surface area contributed by atoms with Crippen LogP contribution < -0.4 is 19.7 Å². The summed E-state index contributed by atoms with van der Waals surface area (Å²) in [5, 5.41) is 3.21. The third-order valence-corrected chi connectivity index (χ3v) is 4.54. The van der Waals surface area contributed by atoms with Crippen LogP contribution in [0, 0.1) is 5.92 Å². The third kappa shape index (κ3) is 3.30. The van der Waals surface area contributed by atoms with Gasteiger partial charge >= 0.3 is 0 Å². The fourth-order valence-corrected chi connectivity index (χ4v) is 3.12. The summed E-state index contributed by atoms with van der Waals surface area (Å²) in [6.07, 6.45) is 1.60. The molecule has 3 heterocycles. The Labute approximate surface area is 154 Å². The molecule has 134 valence electrons. The highest BCUT2D eigenvalue weighted by atomic mass is 35.5. The average Bonchev–Trinajstić information content (AvgIpc) is 3.05. The van der Waals surface area contributed by atoms with E-state index in [1.165, 1.54) is 6.20 Å². The van der Waals surface area contributed by atoms with Crippen LogP contribution in [0.25, 0.3) is 0 Å².